The molecule has 0 aliphatic carbocycles. The quantitative estimate of drug-likeness (QED) is 0.917. The lowest BCUT2D eigenvalue weighted by atomic mass is 10.1. The van der Waals surface area contributed by atoms with E-state index in [1.807, 2.05) is 36.3 Å². The van der Waals surface area contributed by atoms with Gasteiger partial charge in [-0.25, -0.2) is 4.98 Å². The number of nitrogens with zero attached hydrogens (tertiary/aromatic N) is 4. The van der Waals surface area contributed by atoms with Crippen molar-refractivity contribution < 1.29 is 0 Å². The van der Waals surface area contributed by atoms with Gasteiger partial charge in [-0.15, -0.1) is 0 Å². The standard InChI is InChI=1S/C16H25N5/c1-16(2,3)19-11-13-10-14(6-7-17-13)21(5)12-15-18-8-9-20(15)4/h6-10,19H,11-12H2,1-5H3. The summed E-state index contributed by atoms with van der Waals surface area (Å²) >= 11 is 0. The van der Waals surface area contributed by atoms with Crippen LogP contribution in [0.5, 0.6) is 0 Å². The highest BCUT2D eigenvalue weighted by atomic mass is 15.2. The minimum absolute atomic E-state index is 0.0938. The van der Waals surface area contributed by atoms with Gasteiger partial charge < -0.3 is 14.8 Å². The van der Waals surface area contributed by atoms with Gasteiger partial charge in [0.05, 0.1) is 12.2 Å². The van der Waals surface area contributed by atoms with Crippen molar-refractivity contribution in [2.75, 3.05) is 11.9 Å². The highest BCUT2D eigenvalue weighted by Crippen LogP contribution is 2.15. The van der Waals surface area contributed by atoms with Gasteiger partial charge in [-0.3, -0.25) is 4.98 Å². The Bertz CT molecular complexity index is 582. The number of nitrogens with one attached hydrogen (secondary N) is 1. The molecule has 0 radical (unpaired) electrons. The van der Waals surface area contributed by atoms with Crippen LogP contribution in [-0.2, 0) is 20.1 Å². The Morgan fingerprint density at radius 3 is 2.62 bits per heavy atom. The van der Waals surface area contributed by atoms with Crippen molar-refractivity contribution in [2.24, 2.45) is 7.05 Å². The van der Waals surface area contributed by atoms with Crippen molar-refractivity contribution in [3.05, 3.63) is 42.2 Å². The predicted octanol–water partition coefficient (Wildman–Crippen LogP) is 2.34. The van der Waals surface area contributed by atoms with E-state index in [1.54, 1.807) is 0 Å². The van der Waals surface area contributed by atoms with E-state index in [0.29, 0.717) is 0 Å². The molecule has 0 aliphatic rings. The van der Waals surface area contributed by atoms with Crippen LogP contribution in [0, 0.1) is 0 Å². The minimum atomic E-state index is 0.0938. The van der Waals surface area contributed by atoms with Crippen LogP contribution in [0.3, 0.4) is 0 Å². The number of aryl methyl sites for hydroxylation is 1. The van der Waals surface area contributed by atoms with Crippen LogP contribution < -0.4 is 10.2 Å². The van der Waals surface area contributed by atoms with Gasteiger partial charge in [-0.2, -0.15) is 0 Å². The first-order valence-corrected chi connectivity index (χ1v) is 7.22. The summed E-state index contributed by atoms with van der Waals surface area (Å²) in [5.74, 6) is 1.05. The monoisotopic (exact) mass is 287 g/mol. The lowest BCUT2D eigenvalue weighted by molar-refractivity contribution is 0.421. The molecular formula is C16H25N5. The van der Waals surface area contributed by atoms with Crippen LogP contribution in [0.2, 0.25) is 0 Å². The zero-order chi connectivity index (χ0) is 15.5. The summed E-state index contributed by atoms with van der Waals surface area (Å²) in [5.41, 5.74) is 2.30. The van der Waals surface area contributed by atoms with Crippen molar-refractivity contribution in [3.63, 3.8) is 0 Å². The highest BCUT2D eigenvalue weighted by Gasteiger charge is 2.10. The summed E-state index contributed by atoms with van der Waals surface area (Å²) in [6.45, 7) is 8.02. The second kappa shape index (κ2) is 6.26. The van der Waals surface area contributed by atoms with Crippen molar-refractivity contribution in [1.82, 2.24) is 19.9 Å². The molecule has 0 atom stereocenters. The first-order chi connectivity index (χ1) is 9.85. The molecule has 21 heavy (non-hydrogen) atoms. The number of pyridine rings is 1. The zero-order valence-electron chi connectivity index (χ0n) is 13.6. The van der Waals surface area contributed by atoms with E-state index < -0.39 is 0 Å². The normalized spacial score (nSPS) is 11.7. The Kier molecular flexibility index (Phi) is 4.63. The van der Waals surface area contributed by atoms with Crippen molar-refractivity contribution in [3.8, 4) is 0 Å². The maximum absolute atomic E-state index is 4.43. The highest BCUT2D eigenvalue weighted by molar-refractivity contribution is 5.45. The van der Waals surface area contributed by atoms with E-state index in [1.165, 1.54) is 0 Å². The van der Waals surface area contributed by atoms with E-state index in [4.69, 9.17) is 0 Å². The fourth-order valence-electron chi connectivity index (χ4n) is 2.01. The van der Waals surface area contributed by atoms with E-state index in [9.17, 15) is 0 Å². The van der Waals surface area contributed by atoms with Gasteiger partial charge in [-0.1, -0.05) is 0 Å². The summed E-state index contributed by atoms with van der Waals surface area (Å²) in [6, 6.07) is 4.16. The van der Waals surface area contributed by atoms with E-state index >= 15 is 0 Å². The molecule has 2 aromatic rings. The summed E-state index contributed by atoms with van der Waals surface area (Å²) in [5, 5.41) is 3.46. The van der Waals surface area contributed by atoms with Gasteiger partial charge >= 0.3 is 0 Å². The average molecular weight is 287 g/mol. The van der Waals surface area contributed by atoms with Gasteiger partial charge in [0.2, 0.25) is 0 Å². The summed E-state index contributed by atoms with van der Waals surface area (Å²) in [7, 11) is 4.09. The zero-order valence-corrected chi connectivity index (χ0v) is 13.6. The van der Waals surface area contributed by atoms with Gasteiger partial charge in [0.25, 0.3) is 0 Å². The lowest BCUT2D eigenvalue weighted by Crippen LogP contribution is -2.35. The molecule has 2 heterocycles. The molecule has 0 aromatic carbocycles. The van der Waals surface area contributed by atoms with Crippen LogP contribution in [0.15, 0.2) is 30.7 Å². The summed E-state index contributed by atoms with van der Waals surface area (Å²) < 4.78 is 2.04. The topological polar surface area (TPSA) is 46.0 Å². The van der Waals surface area contributed by atoms with Crippen LogP contribution in [0.4, 0.5) is 5.69 Å². The second-order valence-electron chi connectivity index (χ2n) is 6.42. The molecule has 114 valence electrons. The smallest absolute Gasteiger partial charge is 0.127 e. The van der Waals surface area contributed by atoms with E-state index in [0.717, 1.165) is 30.3 Å². The lowest BCUT2D eigenvalue weighted by Gasteiger charge is -2.22. The van der Waals surface area contributed by atoms with Crippen LogP contribution >= 0.6 is 0 Å². The van der Waals surface area contributed by atoms with E-state index in [2.05, 4.69) is 54.1 Å². The average Bonchev–Trinajstić information content (AvgIpc) is 2.81. The molecule has 2 aromatic heterocycles. The number of anilines is 1. The first kappa shape index (κ1) is 15.5. The second-order valence-corrected chi connectivity index (χ2v) is 6.42. The molecule has 0 bridgehead atoms. The molecule has 0 spiro atoms. The summed E-state index contributed by atoms with van der Waals surface area (Å²) in [6.07, 6.45) is 5.66. The van der Waals surface area contributed by atoms with Crippen LogP contribution in [0.1, 0.15) is 32.3 Å². The minimum Gasteiger partial charge on any atom is -0.367 e. The Labute approximate surface area is 127 Å². The molecule has 0 fully saturated rings. The molecule has 2 rings (SSSR count). The van der Waals surface area contributed by atoms with Crippen LogP contribution in [-0.4, -0.2) is 27.1 Å². The Morgan fingerprint density at radius 2 is 2.00 bits per heavy atom. The molecule has 5 nitrogen and oxygen atoms in total. The van der Waals surface area contributed by atoms with Gasteiger partial charge in [0.1, 0.15) is 5.82 Å². The van der Waals surface area contributed by atoms with E-state index in [-0.39, 0.29) is 5.54 Å². The first-order valence-electron chi connectivity index (χ1n) is 7.22. The van der Waals surface area contributed by atoms with Crippen LogP contribution in [0.25, 0.3) is 0 Å². The third-order valence-electron chi connectivity index (χ3n) is 3.34. The SMILES string of the molecule is CN(Cc1nccn1C)c1ccnc(CNC(C)(C)C)c1. The number of imidazole rings is 1. The maximum Gasteiger partial charge on any atom is 0.127 e. The molecule has 5 heteroatoms. The van der Waals surface area contributed by atoms with Gasteiger partial charge in [0.15, 0.2) is 0 Å². The Hall–Kier alpha value is -1.88. The third-order valence-corrected chi connectivity index (χ3v) is 3.34. The predicted molar refractivity (Wildman–Crippen MR) is 86.1 cm³/mol. The third kappa shape index (κ3) is 4.56. The largest absolute Gasteiger partial charge is 0.367 e. The number of hydrogen-bond acceptors (Lipinski definition) is 4. The maximum atomic E-state index is 4.43. The molecule has 0 amide bonds. The molecule has 0 saturated carbocycles. The fourth-order valence-corrected chi connectivity index (χ4v) is 2.01. The molecule has 0 aliphatic heterocycles. The molecular weight excluding hydrogens is 262 g/mol. The number of rotatable bonds is 5. The van der Waals surface area contributed by atoms with Gasteiger partial charge in [-0.05, 0) is 32.9 Å². The summed E-state index contributed by atoms with van der Waals surface area (Å²) in [4.78, 5) is 11.0. The van der Waals surface area contributed by atoms with Crippen molar-refractivity contribution in [2.45, 2.75) is 39.4 Å². The number of aromatic nitrogens is 3. The molecule has 0 saturated heterocycles. The molecule has 0 unspecified atom stereocenters. The number of hydrogen-bond donors (Lipinski definition) is 1. The van der Waals surface area contributed by atoms with Crippen molar-refractivity contribution in [1.29, 1.82) is 0 Å². The Balaban J connectivity index is 2.04. The Morgan fingerprint density at radius 1 is 1.24 bits per heavy atom. The van der Waals surface area contributed by atoms with Gasteiger partial charge in [0, 0.05) is 50.5 Å². The molecule has 1 N–H and O–H groups in total. The van der Waals surface area contributed by atoms with Crippen molar-refractivity contribution >= 4 is 5.69 Å². The fraction of sp³-hybridized carbons (Fsp3) is 0.500.